The van der Waals surface area contributed by atoms with Crippen LogP contribution in [0.5, 0.6) is 5.75 Å². The first-order valence-electron chi connectivity index (χ1n) is 9.86. The van der Waals surface area contributed by atoms with Gasteiger partial charge in [-0.1, -0.05) is 29.0 Å². The lowest BCUT2D eigenvalue weighted by atomic mass is 10.1. The van der Waals surface area contributed by atoms with Gasteiger partial charge in [0.25, 0.3) is 20.3 Å². The summed E-state index contributed by atoms with van der Waals surface area (Å²) in [6, 6.07) is 10.3. The van der Waals surface area contributed by atoms with Crippen molar-refractivity contribution in [3.8, 4) is 5.75 Å². The van der Waals surface area contributed by atoms with Crippen LogP contribution in [-0.2, 0) is 20.0 Å². The first-order chi connectivity index (χ1) is 15.9. The lowest BCUT2D eigenvalue weighted by Gasteiger charge is -2.14. The van der Waals surface area contributed by atoms with Gasteiger partial charge in [0.15, 0.2) is 0 Å². The number of anilines is 2. The van der Waals surface area contributed by atoms with Gasteiger partial charge < -0.3 is 4.74 Å². The Balaban J connectivity index is 1.84. The van der Waals surface area contributed by atoms with E-state index < -0.39 is 30.3 Å². The molecule has 3 aromatic rings. The van der Waals surface area contributed by atoms with Crippen molar-refractivity contribution >= 4 is 48.1 Å². The summed E-state index contributed by atoms with van der Waals surface area (Å²) in [4.78, 5) is 12.2. The van der Waals surface area contributed by atoms with Crippen molar-refractivity contribution in [3.63, 3.8) is 0 Å². The van der Waals surface area contributed by atoms with Crippen LogP contribution in [0.2, 0.25) is 0 Å². The highest BCUT2D eigenvalue weighted by molar-refractivity contribution is 7.94. The lowest BCUT2D eigenvalue weighted by molar-refractivity contribution is 0.102. The Morgan fingerprint density at radius 3 is 2.41 bits per heavy atom. The maximum absolute atomic E-state index is 12.9. The number of amides is 1. The van der Waals surface area contributed by atoms with E-state index in [-0.39, 0.29) is 27.5 Å². The molecule has 1 aromatic heterocycles. The van der Waals surface area contributed by atoms with Gasteiger partial charge in [-0.25, -0.2) is 13.1 Å². The summed E-state index contributed by atoms with van der Waals surface area (Å²) in [5.74, 6) is -0.362. The molecule has 3 N–H and O–H groups in total. The highest BCUT2D eigenvalue weighted by Gasteiger charge is 2.25. The predicted molar refractivity (Wildman–Crippen MR) is 128 cm³/mol. The normalized spacial score (nSPS) is 11.9. The van der Waals surface area contributed by atoms with Crippen molar-refractivity contribution in [1.82, 2.24) is 14.9 Å². The monoisotopic (exact) mass is 525 g/mol. The standard InChI is InChI=1S/C20H23N5O6S3/c1-12(2)24-33(27,28)15-8-9-17(31-4)16(11-15)25-34(29,30)20-23-22-19(32-20)21-18(26)14-7-5-6-13(3)10-14/h5-12,24-25H,1-4H3,(H,21,22,26). The second-order valence-electron chi connectivity index (χ2n) is 7.44. The number of hydrogen-bond donors (Lipinski definition) is 3. The number of aryl methyl sites for hydroxylation is 1. The molecule has 0 fully saturated rings. The van der Waals surface area contributed by atoms with Crippen molar-refractivity contribution in [2.24, 2.45) is 0 Å². The molecule has 182 valence electrons. The van der Waals surface area contributed by atoms with E-state index >= 15 is 0 Å². The number of carbonyl (C=O) groups excluding carboxylic acids is 1. The van der Waals surface area contributed by atoms with E-state index in [1.54, 1.807) is 32.0 Å². The number of carbonyl (C=O) groups is 1. The van der Waals surface area contributed by atoms with Crippen LogP contribution in [-0.4, -0.2) is 46.1 Å². The average Bonchev–Trinajstić information content (AvgIpc) is 3.22. The number of aromatic nitrogens is 2. The summed E-state index contributed by atoms with van der Waals surface area (Å²) < 4.78 is 60.2. The molecule has 1 heterocycles. The van der Waals surface area contributed by atoms with Gasteiger partial charge in [0.1, 0.15) is 5.75 Å². The molecular weight excluding hydrogens is 502 g/mol. The molecule has 0 aliphatic rings. The summed E-state index contributed by atoms with van der Waals surface area (Å²) in [6.45, 7) is 5.16. The first kappa shape index (κ1) is 25.6. The Bertz CT molecular complexity index is 1420. The lowest BCUT2D eigenvalue weighted by Crippen LogP contribution is -2.30. The number of nitrogens with zero attached hydrogens (tertiary/aromatic N) is 2. The zero-order chi connectivity index (χ0) is 25.1. The fraction of sp³-hybridized carbons (Fsp3) is 0.250. The average molecular weight is 526 g/mol. The number of rotatable bonds is 9. The number of hydrogen-bond acceptors (Lipinski definition) is 9. The topological polar surface area (TPSA) is 156 Å². The highest BCUT2D eigenvalue weighted by atomic mass is 32.2. The molecule has 0 spiro atoms. The Morgan fingerprint density at radius 2 is 1.76 bits per heavy atom. The Kier molecular flexibility index (Phi) is 7.55. The van der Waals surface area contributed by atoms with Gasteiger partial charge in [0.2, 0.25) is 15.2 Å². The van der Waals surface area contributed by atoms with Crippen LogP contribution < -0.4 is 19.5 Å². The van der Waals surface area contributed by atoms with Crippen LogP contribution >= 0.6 is 11.3 Å². The number of nitrogens with one attached hydrogen (secondary N) is 3. The maximum atomic E-state index is 12.9. The number of ether oxygens (including phenoxy) is 1. The van der Waals surface area contributed by atoms with Gasteiger partial charge in [0.05, 0.1) is 17.7 Å². The van der Waals surface area contributed by atoms with Crippen molar-refractivity contribution in [2.75, 3.05) is 17.1 Å². The molecule has 0 unspecified atom stereocenters. The van der Waals surface area contributed by atoms with Crippen molar-refractivity contribution in [1.29, 1.82) is 0 Å². The summed E-state index contributed by atoms with van der Waals surface area (Å²) in [7, 11) is -6.83. The van der Waals surface area contributed by atoms with Crippen LogP contribution in [0.25, 0.3) is 0 Å². The van der Waals surface area contributed by atoms with Crippen molar-refractivity contribution in [2.45, 2.75) is 36.0 Å². The van der Waals surface area contributed by atoms with Gasteiger partial charge in [-0.05, 0) is 51.1 Å². The van der Waals surface area contributed by atoms with E-state index in [0.29, 0.717) is 16.9 Å². The van der Waals surface area contributed by atoms with Crippen LogP contribution in [0.3, 0.4) is 0 Å². The minimum Gasteiger partial charge on any atom is -0.495 e. The molecule has 0 saturated heterocycles. The van der Waals surface area contributed by atoms with Gasteiger partial charge in [-0.3, -0.25) is 14.8 Å². The van der Waals surface area contributed by atoms with Crippen LogP contribution in [0.15, 0.2) is 51.7 Å². The summed E-state index contributed by atoms with van der Waals surface area (Å²) >= 11 is 0.642. The molecule has 2 aromatic carbocycles. The fourth-order valence-electron chi connectivity index (χ4n) is 2.83. The molecule has 0 aliphatic carbocycles. The Morgan fingerprint density at radius 1 is 1.03 bits per heavy atom. The summed E-state index contributed by atoms with van der Waals surface area (Å²) in [5, 5.41) is 9.87. The molecule has 0 radical (unpaired) electrons. The molecule has 14 heteroatoms. The minimum absolute atomic E-state index is 0.0173. The largest absolute Gasteiger partial charge is 0.495 e. The second-order valence-corrected chi connectivity index (χ2v) is 12.0. The van der Waals surface area contributed by atoms with E-state index in [0.717, 1.165) is 11.6 Å². The first-order valence-corrected chi connectivity index (χ1v) is 13.6. The minimum atomic E-state index is -4.27. The Hall–Kier alpha value is -3.07. The third-order valence-corrected chi connectivity index (χ3v) is 8.48. The summed E-state index contributed by atoms with van der Waals surface area (Å²) in [6.07, 6.45) is 0. The summed E-state index contributed by atoms with van der Waals surface area (Å²) in [5.41, 5.74) is 1.17. The number of benzene rings is 2. The Labute approximate surface area is 201 Å². The number of sulfonamides is 2. The second kappa shape index (κ2) is 10.0. The van der Waals surface area contributed by atoms with E-state index in [2.05, 4.69) is 25.0 Å². The molecule has 3 rings (SSSR count). The molecule has 0 aliphatic heterocycles. The molecule has 11 nitrogen and oxygen atoms in total. The molecule has 34 heavy (non-hydrogen) atoms. The van der Waals surface area contributed by atoms with E-state index in [4.69, 9.17) is 4.74 Å². The number of methoxy groups -OCH3 is 1. The molecule has 0 bridgehead atoms. The van der Waals surface area contributed by atoms with Gasteiger partial charge in [0, 0.05) is 11.6 Å². The van der Waals surface area contributed by atoms with E-state index in [1.807, 2.05) is 13.0 Å². The van der Waals surface area contributed by atoms with Gasteiger partial charge in [-0.2, -0.15) is 8.42 Å². The van der Waals surface area contributed by atoms with E-state index in [9.17, 15) is 21.6 Å². The highest BCUT2D eigenvalue weighted by Crippen LogP contribution is 2.31. The molecular formula is C20H23N5O6S3. The zero-order valence-electron chi connectivity index (χ0n) is 18.7. The third kappa shape index (κ3) is 6.08. The van der Waals surface area contributed by atoms with Crippen molar-refractivity contribution < 1.29 is 26.4 Å². The van der Waals surface area contributed by atoms with E-state index in [1.165, 1.54) is 19.2 Å². The van der Waals surface area contributed by atoms with Crippen molar-refractivity contribution in [3.05, 3.63) is 53.6 Å². The SMILES string of the molecule is COc1ccc(S(=O)(=O)NC(C)C)cc1NS(=O)(=O)c1nnc(NC(=O)c2cccc(C)c2)s1. The smallest absolute Gasteiger partial charge is 0.291 e. The third-order valence-electron chi connectivity index (χ3n) is 4.25. The quantitative estimate of drug-likeness (QED) is 0.360. The van der Waals surface area contributed by atoms with Gasteiger partial charge >= 0.3 is 0 Å². The maximum Gasteiger partial charge on any atom is 0.291 e. The van der Waals surface area contributed by atoms with Crippen LogP contribution in [0.1, 0.15) is 29.8 Å². The molecule has 0 saturated carbocycles. The van der Waals surface area contributed by atoms with Gasteiger partial charge in [-0.15, -0.1) is 10.2 Å². The van der Waals surface area contributed by atoms with Crippen LogP contribution in [0, 0.1) is 6.92 Å². The predicted octanol–water partition coefficient (Wildman–Crippen LogP) is 2.59. The zero-order valence-corrected chi connectivity index (χ0v) is 21.1. The molecule has 0 atom stereocenters. The molecule has 1 amide bonds. The van der Waals surface area contributed by atoms with Crippen LogP contribution in [0.4, 0.5) is 10.8 Å². The fourth-order valence-corrected chi connectivity index (χ4v) is 6.06.